The van der Waals surface area contributed by atoms with E-state index in [1.807, 2.05) is 30.3 Å². The minimum Gasteiger partial charge on any atom is -0.457 e. The second-order valence-corrected chi connectivity index (χ2v) is 6.71. The maximum atomic E-state index is 12.0. The lowest BCUT2D eigenvalue weighted by Crippen LogP contribution is -2.15. The van der Waals surface area contributed by atoms with Gasteiger partial charge in [-0.2, -0.15) is 0 Å². The second kappa shape index (κ2) is 8.48. The summed E-state index contributed by atoms with van der Waals surface area (Å²) in [5.74, 6) is -0.785. The summed E-state index contributed by atoms with van der Waals surface area (Å²) in [4.78, 5) is 23.7. The van der Waals surface area contributed by atoms with Gasteiger partial charge in [0.15, 0.2) is 12.4 Å². The van der Waals surface area contributed by atoms with Crippen LogP contribution in [0.3, 0.4) is 0 Å². The van der Waals surface area contributed by atoms with Crippen molar-refractivity contribution in [1.29, 1.82) is 0 Å². The van der Waals surface area contributed by atoms with Gasteiger partial charge in [0.05, 0.1) is 16.5 Å². The number of halogens is 3. The van der Waals surface area contributed by atoms with Gasteiger partial charge >= 0.3 is 5.97 Å². The molecule has 0 aromatic heterocycles. The van der Waals surface area contributed by atoms with Crippen LogP contribution in [0.2, 0.25) is 10.0 Å². The van der Waals surface area contributed by atoms with Crippen molar-refractivity contribution in [3.8, 4) is 0 Å². The van der Waals surface area contributed by atoms with E-state index in [1.165, 1.54) is 12.1 Å². The fourth-order valence-electron chi connectivity index (χ4n) is 1.88. The van der Waals surface area contributed by atoms with Crippen molar-refractivity contribution in [2.45, 2.75) is 11.2 Å². The summed E-state index contributed by atoms with van der Waals surface area (Å²) < 4.78 is 5.03. The Bertz CT molecular complexity index is 704. The molecule has 3 nitrogen and oxygen atoms in total. The average Bonchev–Trinajstić information content (AvgIpc) is 2.56. The molecule has 1 atom stereocenters. The highest BCUT2D eigenvalue weighted by Gasteiger charge is 2.16. The maximum Gasteiger partial charge on any atom is 0.307 e. The average molecular weight is 416 g/mol. The lowest BCUT2D eigenvalue weighted by atomic mass is 10.1. The fourth-order valence-corrected chi connectivity index (χ4v) is 2.75. The van der Waals surface area contributed by atoms with Gasteiger partial charge in [-0.25, -0.2) is 0 Å². The topological polar surface area (TPSA) is 43.4 Å². The molecule has 0 aliphatic heterocycles. The summed E-state index contributed by atoms with van der Waals surface area (Å²) in [5.41, 5.74) is 1.32. The van der Waals surface area contributed by atoms with Gasteiger partial charge in [0, 0.05) is 10.4 Å². The number of benzene rings is 2. The van der Waals surface area contributed by atoms with Crippen molar-refractivity contribution in [1.82, 2.24) is 0 Å². The van der Waals surface area contributed by atoms with E-state index in [1.54, 1.807) is 6.07 Å². The molecule has 120 valence electrons. The smallest absolute Gasteiger partial charge is 0.307 e. The van der Waals surface area contributed by atoms with Crippen molar-refractivity contribution in [3.05, 3.63) is 69.7 Å². The summed E-state index contributed by atoms with van der Waals surface area (Å²) in [7, 11) is 0. The predicted molar refractivity (Wildman–Crippen MR) is 94.5 cm³/mol. The molecule has 0 saturated heterocycles. The van der Waals surface area contributed by atoms with E-state index in [4.69, 9.17) is 27.9 Å². The van der Waals surface area contributed by atoms with E-state index in [-0.39, 0.29) is 28.7 Å². The number of hydrogen-bond acceptors (Lipinski definition) is 3. The number of ether oxygens (including phenoxy) is 1. The molecule has 0 N–H and O–H groups in total. The minimum atomic E-state index is -0.455. The van der Waals surface area contributed by atoms with Gasteiger partial charge in [-0.1, -0.05) is 69.5 Å². The molecule has 0 aliphatic rings. The Morgan fingerprint density at radius 1 is 1.04 bits per heavy atom. The van der Waals surface area contributed by atoms with Crippen molar-refractivity contribution in [2.24, 2.45) is 0 Å². The van der Waals surface area contributed by atoms with Gasteiger partial charge in [-0.15, -0.1) is 0 Å². The number of carbonyl (C=O) groups excluding carboxylic acids is 2. The first-order chi connectivity index (χ1) is 11.0. The molecule has 0 saturated carbocycles. The maximum absolute atomic E-state index is 12.0. The molecule has 0 radical (unpaired) electrons. The van der Waals surface area contributed by atoms with Crippen molar-refractivity contribution < 1.29 is 14.3 Å². The number of ketones is 1. The zero-order valence-electron chi connectivity index (χ0n) is 12.0. The van der Waals surface area contributed by atoms with Crippen LogP contribution in [0.15, 0.2) is 48.5 Å². The molecule has 23 heavy (non-hydrogen) atoms. The molecular formula is C17H13BrCl2O3. The van der Waals surface area contributed by atoms with E-state index in [9.17, 15) is 9.59 Å². The number of hydrogen-bond donors (Lipinski definition) is 0. The van der Waals surface area contributed by atoms with Crippen LogP contribution in [0.5, 0.6) is 0 Å². The first kappa shape index (κ1) is 18.0. The minimum absolute atomic E-state index is 0.138. The van der Waals surface area contributed by atoms with E-state index < -0.39 is 5.97 Å². The third-order valence-electron chi connectivity index (χ3n) is 3.11. The number of carbonyl (C=O) groups is 2. The molecule has 0 spiro atoms. The molecule has 0 aliphatic carbocycles. The zero-order chi connectivity index (χ0) is 16.8. The van der Waals surface area contributed by atoms with Crippen LogP contribution in [-0.2, 0) is 9.53 Å². The molecule has 0 fully saturated rings. The Morgan fingerprint density at radius 2 is 1.74 bits per heavy atom. The molecule has 2 rings (SSSR count). The van der Waals surface area contributed by atoms with Crippen LogP contribution in [0, 0.1) is 0 Å². The molecule has 2 aromatic carbocycles. The molecule has 0 heterocycles. The fraction of sp³-hybridized carbons (Fsp3) is 0.176. The van der Waals surface area contributed by atoms with E-state index in [0.717, 1.165) is 5.56 Å². The molecule has 6 heteroatoms. The third kappa shape index (κ3) is 5.34. The van der Waals surface area contributed by atoms with Gasteiger partial charge in [0.25, 0.3) is 0 Å². The highest BCUT2D eigenvalue weighted by Crippen LogP contribution is 2.26. The van der Waals surface area contributed by atoms with Gasteiger partial charge in [0.2, 0.25) is 0 Å². The summed E-state index contributed by atoms with van der Waals surface area (Å²) in [6, 6.07) is 14.0. The summed E-state index contributed by atoms with van der Waals surface area (Å²) >= 11 is 15.1. The summed E-state index contributed by atoms with van der Waals surface area (Å²) in [6.07, 6.45) is 0.138. The van der Waals surface area contributed by atoms with Crippen LogP contribution in [0.1, 0.15) is 27.2 Å². The molecular weight excluding hydrogens is 403 g/mol. The van der Waals surface area contributed by atoms with Crippen molar-refractivity contribution in [3.63, 3.8) is 0 Å². The third-order valence-corrected chi connectivity index (χ3v) is 4.70. The van der Waals surface area contributed by atoms with Crippen LogP contribution in [-0.4, -0.2) is 18.4 Å². The van der Waals surface area contributed by atoms with Crippen LogP contribution < -0.4 is 0 Å². The van der Waals surface area contributed by atoms with E-state index in [0.29, 0.717) is 10.6 Å². The quantitative estimate of drug-likeness (QED) is 0.367. The molecule has 0 bridgehead atoms. The van der Waals surface area contributed by atoms with Crippen molar-refractivity contribution >= 4 is 50.9 Å². The SMILES string of the molecule is O=C(CC(Br)c1ccccc1)OCC(=O)c1ccc(Cl)c(Cl)c1. The van der Waals surface area contributed by atoms with Gasteiger partial charge in [-0.3, -0.25) is 9.59 Å². The zero-order valence-corrected chi connectivity index (χ0v) is 15.1. The largest absolute Gasteiger partial charge is 0.457 e. The highest BCUT2D eigenvalue weighted by molar-refractivity contribution is 9.09. The molecule has 1 unspecified atom stereocenters. The Kier molecular flexibility index (Phi) is 6.63. The number of Topliss-reactive ketones (excluding diaryl/α,β-unsaturated/α-hetero) is 1. The van der Waals surface area contributed by atoms with Gasteiger partial charge in [0.1, 0.15) is 0 Å². The Morgan fingerprint density at radius 3 is 2.39 bits per heavy atom. The van der Waals surface area contributed by atoms with E-state index >= 15 is 0 Å². The molecule has 0 amide bonds. The van der Waals surface area contributed by atoms with Crippen molar-refractivity contribution in [2.75, 3.05) is 6.61 Å². The van der Waals surface area contributed by atoms with Gasteiger partial charge < -0.3 is 4.74 Å². The lowest BCUT2D eigenvalue weighted by molar-refractivity contribution is -0.142. The number of alkyl halides is 1. The lowest BCUT2D eigenvalue weighted by Gasteiger charge is -2.10. The Balaban J connectivity index is 1.86. The summed E-state index contributed by atoms with van der Waals surface area (Å²) in [5, 5.41) is 0.652. The monoisotopic (exact) mass is 414 g/mol. The number of rotatable bonds is 6. The van der Waals surface area contributed by atoms with Gasteiger partial charge in [-0.05, 0) is 23.8 Å². The summed E-state index contributed by atoms with van der Waals surface area (Å²) in [6.45, 7) is -0.328. The standard InChI is InChI=1S/C17H13BrCl2O3/c18-13(11-4-2-1-3-5-11)9-17(22)23-10-16(21)12-6-7-14(19)15(20)8-12/h1-8,13H,9-10H2. The normalized spacial score (nSPS) is 11.8. The first-order valence-electron chi connectivity index (χ1n) is 6.80. The first-order valence-corrected chi connectivity index (χ1v) is 8.47. The van der Waals surface area contributed by atoms with Crippen LogP contribution in [0.4, 0.5) is 0 Å². The van der Waals surface area contributed by atoms with Crippen LogP contribution >= 0.6 is 39.1 Å². The second-order valence-electron chi connectivity index (χ2n) is 4.80. The molecule has 2 aromatic rings. The number of esters is 1. The van der Waals surface area contributed by atoms with Crippen LogP contribution in [0.25, 0.3) is 0 Å². The Labute approximate surface area is 152 Å². The Hall–Kier alpha value is -1.36. The highest BCUT2D eigenvalue weighted by atomic mass is 79.9. The van der Waals surface area contributed by atoms with E-state index in [2.05, 4.69) is 15.9 Å². The predicted octanol–water partition coefficient (Wildman–Crippen LogP) is 5.25.